The van der Waals surface area contributed by atoms with Crippen molar-refractivity contribution in [3.05, 3.63) is 23.8 Å². The van der Waals surface area contributed by atoms with Gasteiger partial charge < -0.3 is 14.6 Å². The van der Waals surface area contributed by atoms with E-state index < -0.39 is 5.60 Å². The lowest BCUT2D eigenvalue weighted by Crippen LogP contribution is -2.37. The van der Waals surface area contributed by atoms with Crippen LogP contribution in [0.1, 0.15) is 37.7 Å². The summed E-state index contributed by atoms with van der Waals surface area (Å²) < 4.78 is 10.7. The van der Waals surface area contributed by atoms with E-state index in [4.69, 9.17) is 14.7 Å². The molecule has 0 spiro atoms. The highest BCUT2D eigenvalue weighted by Gasteiger charge is 2.30. The molecule has 1 fully saturated rings. The molecule has 1 aromatic carbocycles. The summed E-state index contributed by atoms with van der Waals surface area (Å²) >= 11 is 0. The fourth-order valence-corrected chi connectivity index (χ4v) is 2.44. The molecule has 0 atom stereocenters. The molecule has 1 saturated carbocycles. The average Bonchev–Trinajstić information content (AvgIpc) is 2.45. The second kappa shape index (κ2) is 5.94. The summed E-state index contributed by atoms with van der Waals surface area (Å²) in [5.41, 5.74) is -0.277. The minimum atomic E-state index is -0.717. The first-order chi connectivity index (χ1) is 9.17. The van der Waals surface area contributed by atoms with Crippen molar-refractivity contribution in [1.82, 2.24) is 0 Å². The van der Waals surface area contributed by atoms with Gasteiger partial charge in [-0.2, -0.15) is 5.26 Å². The third-order valence-corrected chi connectivity index (χ3v) is 3.58. The van der Waals surface area contributed by atoms with Gasteiger partial charge in [0.2, 0.25) is 0 Å². The van der Waals surface area contributed by atoms with Crippen molar-refractivity contribution in [3.63, 3.8) is 0 Å². The second-order valence-corrected chi connectivity index (χ2v) is 5.05. The van der Waals surface area contributed by atoms with Crippen molar-refractivity contribution >= 4 is 0 Å². The van der Waals surface area contributed by atoms with Gasteiger partial charge >= 0.3 is 0 Å². The smallest absolute Gasteiger partial charge is 0.136 e. The lowest BCUT2D eigenvalue weighted by atomic mass is 9.85. The van der Waals surface area contributed by atoms with Crippen LogP contribution in [0.25, 0.3) is 0 Å². The number of benzene rings is 1. The van der Waals surface area contributed by atoms with Gasteiger partial charge in [0.1, 0.15) is 24.2 Å². The van der Waals surface area contributed by atoms with Crippen LogP contribution in [-0.4, -0.2) is 24.4 Å². The predicted molar refractivity (Wildman–Crippen MR) is 71.2 cm³/mol. The number of hydrogen-bond donors (Lipinski definition) is 1. The zero-order valence-corrected chi connectivity index (χ0v) is 11.2. The Morgan fingerprint density at radius 1 is 1.32 bits per heavy atom. The van der Waals surface area contributed by atoms with Crippen LogP contribution < -0.4 is 9.47 Å². The SMILES string of the molecule is COc1ccc(OCC2(O)CCCCC2)cc1C#N. The summed E-state index contributed by atoms with van der Waals surface area (Å²) in [5.74, 6) is 1.13. The van der Waals surface area contributed by atoms with Gasteiger partial charge in [-0.1, -0.05) is 19.3 Å². The van der Waals surface area contributed by atoms with Crippen LogP contribution in [0.3, 0.4) is 0 Å². The van der Waals surface area contributed by atoms with Crippen LogP contribution in [0.4, 0.5) is 0 Å². The molecule has 4 nitrogen and oxygen atoms in total. The van der Waals surface area contributed by atoms with Crippen molar-refractivity contribution in [3.8, 4) is 17.6 Å². The Labute approximate surface area is 113 Å². The number of rotatable bonds is 4. The maximum absolute atomic E-state index is 10.3. The lowest BCUT2D eigenvalue weighted by Gasteiger charge is -2.31. The van der Waals surface area contributed by atoms with Crippen LogP contribution in [0.2, 0.25) is 0 Å². The van der Waals surface area contributed by atoms with E-state index in [9.17, 15) is 5.11 Å². The molecule has 0 amide bonds. The first-order valence-corrected chi connectivity index (χ1v) is 6.60. The number of methoxy groups -OCH3 is 1. The van der Waals surface area contributed by atoms with E-state index in [1.165, 1.54) is 13.5 Å². The number of nitriles is 1. The summed E-state index contributed by atoms with van der Waals surface area (Å²) in [6, 6.07) is 7.17. The Hall–Kier alpha value is -1.73. The monoisotopic (exact) mass is 261 g/mol. The maximum Gasteiger partial charge on any atom is 0.136 e. The average molecular weight is 261 g/mol. The number of nitrogens with zero attached hydrogens (tertiary/aromatic N) is 1. The molecule has 0 unspecified atom stereocenters. The van der Waals surface area contributed by atoms with E-state index in [0.717, 1.165) is 25.7 Å². The summed E-state index contributed by atoms with van der Waals surface area (Å²) in [5, 5.41) is 19.4. The van der Waals surface area contributed by atoms with Gasteiger partial charge in [-0.25, -0.2) is 0 Å². The van der Waals surface area contributed by atoms with Crippen LogP contribution in [-0.2, 0) is 0 Å². The minimum absolute atomic E-state index is 0.282. The van der Waals surface area contributed by atoms with Crippen molar-refractivity contribution < 1.29 is 14.6 Å². The van der Waals surface area contributed by atoms with Gasteiger partial charge in [-0.3, -0.25) is 0 Å². The molecule has 0 bridgehead atoms. The van der Waals surface area contributed by atoms with Gasteiger partial charge in [0.25, 0.3) is 0 Å². The van der Waals surface area contributed by atoms with E-state index in [2.05, 4.69) is 6.07 Å². The van der Waals surface area contributed by atoms with Crippen molar-refractivity contribution in [2.45, 2.75) is 37.7 Å². The zero-order valence-electron chi connectivity index (χ0n) is 11.2. The zero-order chi connectivity index (χ0) is 13.7. The fourth-order valence-electron chi connectivity index (χ4n) is 2.44. The van der Waals surface area contributed by atoms with Crippen LogP contribution in [0.15, 0.2) is 18.2 Å². The highest BCUT2D eigenvalue weighted by Crippen LogP contribution is 2.29. The summed E-state index contributed by atoms with van der Waals surface area (Å²) in [4.78, 5) is 0. The molecule has 102 valence electrons. The molecule has 0 heterocycles. The van der Waals surface area contributed by atoms with Crippen LogP contribution in [0, 0.1) is 11.3 Å². The quantitative estimate of drug-likeness (QED) is 0.905. The Bertz CT molecular complexity index is 473. The molecular formula is C15H19NO3. The maximum atomic E-state index is 10.3. The van der Waals surface area contributed by atoms with E-state index in [-0.39, 0.29) is 6.61 Å². The van der Waals surface area contributed by atoms with Crippen molar-refractivity contribution in [1.29, 1.82) is 5.26 Å². The van der Waals surface area contributed by atoms with Gasteiger partial charge in [0, 0.05) is 6.07 Å². The third kappa shape index (κ3) is 3.39. The normalized spacial score (nSPS) is 17.5. The van der Waals surface area contributed by atoms with Crippen molar-refractivity contribution in [2.24, 2.45) is 0 Å². The van der Waals surface area contributed by atoms with Crippen LogP contribution >= 0.6 is 0 Å². The van der Waals surface area contributed by atoms with E-state index in [0.29, 0.717) is 17.1 Å². The molecule has 0 aliphatic heterocycles. The molecule has 1 aliphatic carbocycles. The van der Waals surface area contributed by atoms with Gasteiger partial charge in [0.15, 0.2) is 0 Å². The van der Waals surface area contributed by atoms with Crippen molar-refractivity contribution in [2.75, 3.05) is 13.7 Å². The van der Waals surface area contributed by atoms with Gasteiger partial charge in [-0.15, -0.1) is 0 Å². The fraction of sp³-hybridized carbons (Fsp3) is 0.533. The Balaban J connectivity index is 2.01. The molecule has 19 heavy (non-hydrogen) atoms. The first-order valence-electron chi connectivity index (χ1n) is 6.60. The van der Waals surface area contributed by atoms with E-state index >= 15 is 0 Å². The third-order valence-electron chi connectivity index (χ3n) is 3.58. The molecule has 0 saturated heterocycles. The molecule has 2 rings (SSSR count). The first kappa shape index (κ1) is 13.7. The summed E-state index contributed by atoms with van der Waals surface area (Å²) in [6.45, 7) is 0.282. The van der Waals surface area contributed by atoms with E-state index in [1.807, 2.05) is 0 Å². The van der Waals surface area contributed by atoms with E-state index in [1.54, 1.807) is 18.2 Å². The summed E-state index contributed by atoms with van der Waals surface area (Å²) in [7, 11) is 1.53. The highest BCUT2D eigenvalue weighted by atomic mass is 16.5. The standard InChI is InChI=1S/C15H19NO3/c1-18-14-6-5-13(9-12(14)10-16)19-11-15(17)7-3-2-4-8-15/h5-6,9,17H,2-4,7-8,11H2,1H3. The number of ether oxygens (including phenoxy) is 2. The molecule has 0 radical (unpaired) electrons. The molecular weight excluding hydrogens is 242 g/mol. The number of aliphatic hydroxyl groups is 1. The van der Waals surface area contributed by atoms with Gasteiger partial charge in [0.05, 0.1) is 18.3 Å². The number of hydrogen-bond acceptors (Lipinski definition) is 4. The Morgan fingerprint density at radius 3 is 2.68 bits per heavy atom. The predicted octanol–water partition coefficient (Wildman–Crippen LogP) is 2.64. The highest BCUT2D eigenvalue weighted by molar-refractivity contribution is 5.47. The molecule has 1 N–H and O–H groups in total. The Morgan fingerprint density at radius 2 is 2.05 bits per heavy atom. The largest absolute Gasteiger partial charge is 0.495 e. The Kier molecular flexibility index (Phi) is 4.28. The minimum Gasteiger partial charge on any atom is -0.495 e. The van der Waals surface area contributed by atoms with Gasteiger partial charge in [-0.05, 0) is 25.0 Å². The molecule has 1 aromatic rings. The second-order valence-electron chi connectivity index (χ2n) is 5.05. The lowest BCUT2D eigenvalue weighted by molar-refractivity contribution is -0.0339. The molecule has 4 heteroatoms. The van der Waals surface area contributed by atoms with Crippen LogP contribution in [0.5, 0.6) is 11.5 Å². The topological polar surface area (TPSA) is 62.5 Å². The molecule has 0 aromatic heterocycles. The summed E-state index contributed by atoms with van der Waals surface area (Å²) in [6.07, 6.45) is 4.85. The molecule has 1 aliphatic rings.